The monoisotopic (exact) mass is 290 g/mol. The minimum absolute atomic E-state index is 0.235. The van der Waals surface area contributed by atoms with E-state index in [-0.39, 0.29) is 5.25 Å². The van der Waals surface area contributed by atoms with Crippen LogP contribution >= 0.6 is 23.4 Å². The SMILES string of the molecule is O=C(C1CCCCS1)N1CCCN(CCCl)CC1. The molecule has 2 aliphatic heterocycles. The molecule has 104 valence electrons. The summed E-state index contributed by atoms with van der Waals surface area (Å²) in [7, 11) is 0. The Hall–Kier alpha value is 0.0700. The molecule has 2 rings (SSSR count). The molecule has 0 N–H and O–H groups in total. The van der Waals surface area contributed by atoms with Gasteiger partial charge in [0, 0.05) is 32.1 Å². The van der Waals surface area contributed by atoms with Gasteiger partial charge in [0.1, 0.15) is 0 Å². The van der Waals surface area contributed by atoms with Crippen molar-refractivity contribution < 1.29 is 4.79 Å². The van der Waals surface area contributed by atoms with Crippen LogP contribution in [0.1, 0.15) is 25.7 Å². The van der Waals surface area contributed by atoms with E-state index in [0.29, 0.717) is 11.8 Å². The van der Waals surface area contributed by atoms with Crippen LogP contribution in [0.15, 0.2) is 0 Å². The summed E-state index contributed by atoms with van der Waals surface area (Å²) in [6.07, 6.45) is 4.65. The Morgan fingerprint density at radius 2 is 2.06 bits per heavy atom. The molecule has 1 atom stereocenters. The van der Waals surface area contributed by atoms with Gasteiger partial charge in [-0.25, -0.2) is 0 Å². The summed E-state index contributed by atoms with van der Waals surface area (Å²) in [6, 6.07) is 0. The summed E-state index contributed by atoms with van der Waals surface area (Å²) in [5, 5.41) is 0.235. The molecule has 0 aliphatic carbocycles. The summed E-state index contributed by atoms with van der Waals surface area (Å²) < 4.78 is 0. The number of hydrogen-bond acceptors (Lipinski definition) is 3. The van der Waals surface area contributed by atoms with E-state index in [1.807, 2.05) is 11.8 Å². The van der Waals surface area contributed by atoms with E-state index in [2.05, 4.69) is 9.80 Å². The van der Waals surface area contributed by atoms with Crippen molar-refractivity contribution >= 4 is 29.3 Å². The molecule has 3 nitrogen and oxygen atoms in total. The van der Waals surface area contributed by atoms with Gasteiger partial charge in [-0.3, -0.25) is 4.79 Å². The predicted octanol–water partition coefficient (Wildman–Crippen LogP) is 2.05. The van der Waals surface area contributed by atoms with E-state index in [0.717, 1.165) is 51.3 Å². The van der Waals surface area contributed by atoms with Gasteiger partial charge >= 0.3 is 0 Å². The molecule has 0 aromatic rings. The zero-order valence-electron chi connectivity index (χ0n) is 10.9. The molecule has 1 amide bonds. The maximum Gasteiger partial charge on any atom is 0.235 e. The second-order valence-corrected chi connectivity index (χ2v) is 6.75. The van der Waals surface area contributed by atoms with E-state index >= 15 is 0 Å². The van der Waals surface area contributed by atoms with Crippen LogP contribution in [0.3, 0.4) is 0 Å². The molecule has 0 aromatic heterocycles. The topological polar surface area (TPSA) is 23.6 Å². The molecule has 0 bridgehead atoms. The number of halogens is 1. The van der Waals surface area contributed by atoms with Gasteiger partial charge in [-0.15, -0.1) is 23.4 Å². The summed E-state index contributed by atoms with van der Waals surface area (Å²) in [5.74, 6) is 2.22. The lowest BCUT2D eigenvalue weighted by Crippen LogP contribution is -2.41. The van der Waals surface area contributed by atoms with E-state index < -0.39 is 0 Å². The average molecular weight is 291 g/mol. The molecule has 0 saturated carbocycles. The van der Waals surface area contributed by atoms with Crippen LogP contribution in [0.25, 0.3) is 0 Å². The van der Waals surface area contributed by atoms with Gasteiger partial charge in [0.15, 0.2) is 0 Å². The van der Waals surface area contributed by atoms with Gasteiger partial charge in [-0.1, -0.05) is 6.42 Å². The molecule has 2 saturated heterocycles. The van der Waals surface area contributed by atoms with Crippen LogP contribution in [0, 0.1) is 0 Å². The minimum atomic E-state index is 0.235. The van der Waals surface area contributed by atoms with Crippen molar-refractivity contribution in [2.45, 2.75) is 30.9 Å². The van der Waals surface area contributed by atoms with Crippen molar-refractivity contribution in [2.24, 2.45) is 0 Å². The lowest BCUT2D eigenvalue weighted by atomic mass is 10.1. The molecule has 2 aliphatic rings. The highest BCUT2D eigenvalue weighted by Crippen LogP contribution is 2.26. The molecule has 0 radical (unpaired) electrons. The van der Waals surface area contributed by atoms with E-state index in [9.17, 15) is 4.79 Å². The third kappa shape index (κ3) is 4.04. The van der Waals surface area contributed by atoms with Crippen LogP contribution in [-0.2, 0) is 4.79 Å². The highest BCUT2D eigenvalue weighted by Gasteiger charge is 2.27. The van der Waals surface area contributed by atoms with E-state index in [1.165, 1.54) is 12.8 Å². The standard InChI is InChI=1S/C13H23ClN2OS/c14-5-8-15-6-3-7-16(10-9-15)13(17)12-4-1-2-11-18-12/h12H,1-11H2. The Bertz CT molecular complexity index is 272. The number of carbonyl (C=O) groups is 1. The number of hydrogen-bond donors (Lipinski definition) is 0. The van der Waals surface area contributed by atoms with Crippen LogP contribution in [0.4, 0.5) is 0 Å². The van der Waals surface area contributed by atoms with Crippen LogP contribution in [-0.4, -0.2) is 65.3 Å². The van der Waals surface area contributed by atoms with Gasteiger partial charge < -0.3 is 9.80 Å². The molecule has 0 aromatic carbocycles. The van der Waals surface area contributed by atoms with E-state index in [1.54, 1.807) is 0 Å². The summed E-state index contributed by atoms with van der Waals surface area (Å²) in [4.78, 5) is 16.9. The molecule has 1 unspecified atom stereocenters. The largest absolute Gasteiger partial charge is 0.340 e. The summed E-state index contributed by atoms with van der Waals surface area (Å²) in [6.45, 7) is 4.81. The average Bonchev–Trinajstić information content (AvgIpc) is 2.65. The second kappa shape index (κ2) is 7.61. The smallest absolute Gasteiger partial charge is 0.235 e. The van der Waals surface area contributed by atoms with Crippen molar-refractivity contribution in [1.29, 1.82) is 0 Å². The van der Waals surface area contributed by atoms with Gasteiger partial charge in [0.25, 0.3) is 0 Å². The zero-order chi connectivity index (χ0) is 12.8. The van der Waals surface area contributed by atoms with Crippen LogP contribution in [0.2, 0.25) is 0 Å². The highest BCUT2D eigenvalue weighted by atomic mass is 35.5. The number of carbonyl (C=O) groups excluding carboxylic acids is 1. The Labute approximate surface area is 119 Å². The molecular weight excluding hydrogens is 268 g/mol. The fourth-order valence-corrected chi connectivity index (χ4v) is 4.19. The first-order valence-electron chi connectivity index (χ1n) is 7.00. The molecule has 2 heterocycles. The normalized spacial score (nSPS) is 26.9. The first-order chi connectivity index (χ1) is 8.81. The number of amides is 1. The van der Waals surface area contributed by atoms with Gasteiger partial charge in [0.2, 0.25) is 5.91 Å². The third-order valence-corrected chi connectivity index (χ3v) is 5.29. The highest BCUT2D eigenvalue weighted by molar-refractivity contribution is 8.00. The quantitative estimate of drug-likeness (QED) is 0.743. The number of rotatable bonds is 3. The van der Waals surface area contributed by atoms with Crippen molar-refractivity contribution in [3.63, 3.8) is 0 Å². The first-order valence-corrected chi connectivity index (χ1v) is 8.58. The molecule has 18 heavy (non-hydrogen) atoms. The molecule has 5 heteroatoms. The Morgan fingerprint density at radius 1 is 1.17 bits per heavy atom. The fourth-order valence-electron chi connectivity index (χ4n) is 2.67. The Balaban J connectivity index is 1.82. The van der Waals surface area contributed by atoms with Gasteiger partial charge in [0.05, 0.1) is 5.25 Å². The van der Waals surface area contributed by atoms with Crippen LogP contribution in [0.5, 0.6) is 0 Å². The first kappa shape index (κ1) is 14.5. The van der Waals surface area contributed by atoms with E-state index in [4.69, 9.17) is 11.6 Å². The van der Waals surface area contributed by atoms with Crippen LogP contribution < -0.4 is 0 Å². The third-order valence-electron chi connectivity index (χ3n) is 3.76. The number of thioether (sulfide) groups is 1. The summed E-state index contributed by atoms with van der Waals surface area (Å²) in [5.41, 5.74) is 0. The molecule has 0 spiro atoms. The maximum absolute atomic E-state index is 12.4. The van der Waals surface area contributed by atoms with Crippen molar-refractivity contribution in [1.82, 2.24) is 9.80 Å². The maximum atomic E-state index is 12.4. The lowest BCUT2D eigenvalue weighted by Gasteiger charge is -2.28. The van der Waals surface area contributed by atoms with Crippen molar-refractivity contribution in [3.05, 3.63) is 0 Å². The van der Waals surface area contributed by atoms with Crippen molar-refractivity contribution in [2.75, 3.05) is 44.4 Å². The number of alkyl halides is 1. The minimum Gasteiger partial charge on any atom is -0.340 e. The fraction of sp³-hybridized carbons (Fsp3) is 0.923. The lowest BCUT2D eigenvalue weighted by molar-refractivity contribution is -0.130. The second-order valence-electron chi connectivity index (χ2n) is 5.06. The van der Waals surface area contributed by atoms with Gasteiger partial charge in [-0.2, -0.15) is 0 Å². The summed E-state index contributed by atoms with van der Waals surface area (Å²) >= 11 is 7.64. The molecule has 2 fully saturated rings. The molecular formula is C13H23ClN2OS. The zero-order valence-corrected chi connectivity index (χ0v) is 12.5. The van der Waals surface area contributed by atoms with Gasteiger partial charge in [-0.05, 0) is 31.6 Å². The Kier molecular flexibility index (Phi) is 6.12. The Morgan fingerprint density at radius 3 is 2.78 bits per heavy atom. The predicted molar refractivity (Wildman–Crippen MR) is 78.5 cm³/mol. The number of nitrogens with zero attached hydrogens (tertiary/aromatic N) is 2. The van der Waals surface area contributed by atoms with Crippen molar-refractivity contribution in [3.8, 4) is 0 Å².